The van der Waals surface area contributed by atoms with Gasteiger partial charge in [0, 0.05) is 30.7 Å². The van der Waals surface area contributed by atoms with Crippen LogP contribution < -0.4 is 10.6 Å². The van der Waals surface area contributed by atoms with Gasteiger partial charge in [-0.15, -0.1) is 0 Å². The number of nitrogens with one attached hydrogen (secondary N) is 2. The summed E-state index contributed by atoms with van der Waals surface area (Å²) in [7, 11) is 0. The molecule has 1 aromatic carbocycles. The molecule has 9 heteroatoms. The molecule has 0 aliphatic carbocycles. The largest absolute Gasteiger partial charge is 0.348 e. The fourth-order valence-electron chi connectivity index (χ4n) is 2.29. The first-order valence-corrected chi connectivity index (χ1v) is 8.03. The Morgan fingerprint density at radius 1 is 0.893 bits per heavy atom. The van der Waals surface area contributed by atoms with Gasteiger partial charge in [-0.3, -0.25) is 19.6 Å². The zero-order valence-corrected chi connectivity index (χ0v) is 14.2. The summed E-state index contributed by atoms with van der Waals surface area (Å²) in [6.45, 7) is 0.255. The molecule has 0 saturated carbocycles. The second-order valence-corrected chi connectivity index (χ2v) is 5.64. The maximum Gasteiger partial charge on any atom is 0.274 e. The van der Waals surface area contributed by atoms with E-state index < -0.39 is 35.0 Å². The van der Waals surface area contributed by atoms with E-state index in [-0.39, 0.29) is 17.8 Å². The Labute approximate surface area is 157 Å². The molecule has 6 nitrogen and oxygen atoms in total. The van der Waals surface area contributed by atoms with E-state index in [0.29, 0.717) is 6.07 Å². The van der Waals surface area contributed by atoms with Crippen LogP contribution in [-0.2, 0) is 6.54 Å². The molecule has 0 spiro atoms. The van der Waals surface area contributed by atoms with E-state index in [2.05, 4.69) is 20.6 Å². The van der Waals surface area contributed by atoms with Crippen LogP contribution in [0.25, 0.3) is 0 Å². The number of halogens is 3. The van der Waals surface area contributed by atoms with Gasteiger partial charge < -0.3 is 10.6 Å². The molecule has 0 saturated heterocycles. The molecule has 2 amide bonds. The topological polar surface area (TPSA) is 84.0 Å². The molecule has 0 bridgehead atoms. The van der Waals surface area contributed by atoms with Crippen LogP contribution in [0.4, 0.5) is 18.9 Å². The van der Waals surface area contributed by atoms with Crippen molar-refractivity contribution < 1.29 is 22.8 Å². The molecular weight excluding hydrogens is 373 g/mol. The highest BCUT2D eigenvalue weighted by atomic mass is 19.2. The monoisotopic (exact) mass is 386 g/mol. The van der Waals surface area contributed by atoms with Crippen molar-refractivity contribution in [3.63, 3.8) is 0 Å². The first kappa shape index (κ1) is 19.0. The highest BCUT2D eigenvalue weighted by Crippen LogP contribution is 2.20. The molecule has 3 rings (SSSR count). The summed E-state index contributed by atoms with van der Waals surface area (Å²) in [5.41, 5.74) is 0.253. The molecule has 0 radical (unpaired) electrons. The fourth-order valence-corrected chi connectivity index (χ4v) is 2.29. The van der Waals surface area contributed by atoms with Crippen LogP contribution in [0.5, 0.6) is 0 Å². The summed E-state index contributed by atoms with van der Waals surface area (Å²) in [5.74, 6) is -5.93. The quantitative estimate of drug-likeness (QED) is 0.660. The minimum absolute atomic E-state index is 0.153. The van der Waals surface area contributed by atoms with Crippen LogP contribution in [0.3, 0.4) is 0 Å². The van der Waals surface area contributed by atoms with Gasteiger partial charge in [-0.05, 0) is 42.0 Å². The molecule has 2 aromatic heterocycles. The number of rotatable bonds is 5. The highest BCUT2D eigenvalue weighted by molar-refractivity contribution is 6.04. The molecule has 0 aliphatic rings. The Morgan fingerprint density at radius 2 is 1.64 bits per heavy atom. The zero-order valence-electron chi connectivity index (χ0n) is 14.2. The number of anilines is 1. The minimum Gasteiger partial charge on any atom is -0.348 e. The van der Waals surface area contributed by atoms with Crippen molar-refractivity contribution in [1.82, 2.24) is 15.3 Å². The van der Waals surface area contributed by atoms with Gasteiger partial charge in [0.2, 0.25) is 0 Å². The van der Waals surface area contributed by atoms with Crippen molar-refractivity contribution >= 4 is 17.5 Å². The van der Waals surface area contributed by atoms with Gasteiger partial charge >= 0.3 is 0 Å². The fraction of sp³-hybridized carbons (Fsp3) is 0.0526. The number of carbonyl (C=O) groups is 2. The van der Waals surface area contributed by atoms with Gasteiger partial charge in [0.1, 0.15) is 5.69 Å². The number of hydrogen-bond donors (Lipinski definition) is 2. The van der Waals surface area contributed by atoms with E-state index >= 15 is 0 Å². The number of pyridine rings is 2. The van der Waals surface area contributed by atoms with Crippen LogP contribution in [-0.4, -0.2) is 21.8 Å². The van der Waals surface area contributed by atoms with Gasteiger partial charge in [0.25, 0.3) is 11.8 Å². The molecule has 0 aliphatic heterocycles. The van der Waals surface area contributed by atoms with Crippen LogP contribution in [0.2, 0.25) is 0 Å². The van der Waals surface area contributed by atoms with Gasteiger partial charge in [-0.25, -0.2) is 13.2 Å². The number of aromatic nitrogens is 2. The first-order valence-electron chi connectivity index (χ1n) is 8.03. The van der Waals surface area contributed by atoms with Crippen LogP contribution >= 0.6 is 0 Å². The standard InChI is InChI=1S/C19H13F3N4O2/c20-13-1-2-14(17(22)16(13)21)26-19(28)15-9-12(5-8-24-15)18(27)25-10-11-3-6-23-7-4-11/h1-9H,10H2,(H,25,27)(H,26,28). The number of nitrogens with zero attached hydrogens (tertiary/aromatic N) is 2. The maximum absolute atomic E-state index is 13.7. The zero-order chi connectivity index (χ0) is 20.1. The molecule has 0 unspecified atom stereocenters. The number of amides is 2. The molecule has 3 aromatic rings. The third kappa shape index (κ3) is 4.32. The van der Waals surface area contributed by atoms with E-state index in [9.17, 15) is 22.8 Å². The van der Waals surface area contributed by atoms with Crippen LogP contribution in [0.1, 0.15) is 26.4 Å². The summed E-state index contributed by atoms with van der Waals surface area (Å²) in [4.78, 5) is 32.2. The third-order valence-electron chi connectivity index (χ3n) is 3.74. The lowest BCUT2D eigenvalue weighted by Gasteiger charge is -2.08. The predicted molar refractivity (Wildman–Crippen MR) is 93.9 cm³/mol. The smallest absolute Gasteiger partial charge is 0.274 e. The SMILES string of the molecule is O=C(NCc1ccncc1)c1ccnc(C(=O)Nc2ccc(F)c(F)c2F)c1. The molecule has 2 heterocycles. The Bertz CT molecular complexity index is 1030. The van der Waals surface area contributed by atoms with Crippen molar-refractivity contribution in [3.05, 3.63) is 89.3 Å². The average Bonchev–Trinajstić information content (AvgIpc) is 2.73. The summed E-state index contributed by atoms with van der Waals surface area (Å²) in [6.07, 6.45) is 4.42. The molecule has 28 heavy (non-hydrogen) atoms. The minimum atomic E-state index is -1.70. The van der Waals surface area contributed by atoms with E-state index in [4.69, 9.17) is 0 Å². The number of benzene rings is 1. The molecule has 0 fully saturated rings. The number of carbonyl (C=O) groups excluding carboxylic acids is 2. The maximum atomic E-state index is 13.7. The molecule has 142 valence electrons. The summed E-state index contributed by atoms with van der Waals surface area (Å²) >= 11 is 0. The lowest BCUT2D eigenvalue weighted by molar-refractivity contribution is 0.0950. The van der Waals surface area contributed by atoms with Crippen LogP contribution in [0, 0.1) is 17.5 Å². The van der Waals surface area contributed by atoms with E-state index in [1.165, 1.54) is 18.3 Å². The Kier molecular flexibility index (Phi) is 5.64. The molecular formula is C19H13F3N4O2. The summed E-state index contributed by atoms with van der Waals surface area (Å²) < 4.78 is 39.9. The predicted octanol–water partition coefficient (Wildman–Crippen LogP) is 3.08. The van der Waals surface area contributed by atoms with Crippen molar-refractivity contribution in [2.75, 3.05) is 5.32 Å². The first-order chi connectivity index (χ1) is 13.5. The van der Waals surface area contributed by atoms with Crippen molar-refractivity contribution in [3.8, 4) is 0 Å². The second-order valence-electron chi connectivity index (χ2n) is 5.64. The summed E-state index contributed by atoms with van der Waals surface area (Å²) in [6, 6.07) is 7.65. The molecule has 2 N–H and O–H groups in total. The van der Waals surface area contributed by atoms with Gasteiger partial charge in [-0.1, -0.05) is 0 Å². The second kappa shape index (κ2) is 8.30. The number of hydrogen-bond acceptors (Lipinski definition) is 4. The van der Waals surface area contributed by atoms with Gasteiger partial charge in [-0.2, -0.15) is 0 Å². The van der Waals surface area contributed by atoms with Crippen molar-refractivity contribution in [2.45, 2.75) is 6.54 Å². The molecule has 0 atom stereocenters. The lowest BCUT2D eigenvalue weighted by atomic mass is 10.2. The van der Waals surface area contributed by atoms with Crippen molar-refractivity contribution in [1.29, 1.82) is 0 Å². The van der Waals surface area contributed by atoms with E-state index in [0.717, 1.165) is 11.6 Å². The van der Waals surface area contributed by atoms with Gasteiger partial charge in [0.15, 0.2) is 17.5 Å². The third-order valence-corrected chi connectivity index (χ3v) is 3.74. The summed E-state index contributed by atoms with van der Waals surface area (Å²) in [5, 5.41) is 4.77. The average molecular weight is 386 g/mol. The van der Waals surface area contributed by atoms with E-state index in [1.807, 2.05) is 0 Å². The normalized spacial score (nSPS) is 10.4. The van der Waals surface area contributed by atoms with Gasteiger partial charge in [0.05, 0.1) is 5.69 Å². The lowest BCUT2D eigenvalue weighted by Crippen LogP contribution is -2.24. The Hall–Kier alpha value is -3.75. The highest BCUT2D eigenvalue weighted by Gasteiger charge is 2.17. The van der Waals surface area contributed by atoms with E-state index in [1.54, 1.807) is 24.5 Å². The Morgan fingerprint density at radius 3 is 2.39 bits per heavy atom. The Balaban J connectivity index is 1.71. The van der Waals surface area contributed by atoms with Crippen LogP contribution in [0.15, 0.2) is 55.0 Å². The van der Waals surface area contributed by atoms with Crippen molar-refractivity contribution in [2.24, 2.45) is 0 Å².